The van der Waals surface area contributed by atoms with Crippen LogP contribution < -0.4 is 5.32 Å². The summed E-state index contributed by atoms with van der Waals surface area (Å²) in [6.07, 6.45) is 2.79. The molecule has 1 saturated heterocycles. The molecule has 14 heteroatoms. The second kappa shape index (κ2) is 11.3. The van der Waals surface area contributed by atoms with Crippen LogP contribution in [0.3, 0.4) is 0 Å². The fourth-order valence-corrected chi connectivity index (χ4v) is 7.36. The number of aromatic nitrogens is 4. The molecule has 2 aromatic rings. The van der Waals surface area contributed by atoms with Gasteiger partial charge in [-0.1, -0.05) is 0 Å². The van der Waals surface area contributed by atoms with Crippen LogP contribution in [0.15, 0.2) is 18.6 Å². The van der Waals surface area contributed by atoms with Crippen molar-refractivity contribution in [1.82, 2.24) is 29.0 Å². The van der Waals surface area contributed by atoms with Crippen molar-refractivity contribution in [3.05, 3.63) is 24.2 Å². The van der Waals surface area contributed by atoms with Crippen molar-refractivity contribution in [3.63, 3.8) is 0 Å². The smallest absolute Gasteiger partial charge is 0.389 e. The van der Waals surface area contributed by atoms with E-state index in [-0.39, 0.29) is 35.0 Å². The number of aliphatic hydroxyl groups is 1. The van der Waals surface area contributed by atoms with Crippen molar-refractivity contribution in [3.8, 4) is 11.3 Å². The lowest BCUT2D eigenvalue weighted by atomic mass is 9.94. The van der Waals surface area contributed by atoms with E-state index in [1.807, 2.05) is 14.1 Å². The van der Waals surface area contributed by atoms with E-state index >= 15 is 0 Å². The van der Waals surface area contributed by atoms with Crippen LogP contribution in [0.1, 0.15) is 57.9 Å². The number of alkyl halides is 3. The molecule has 2 aromatic heterocycles. The van der Waals surface area contributed by atoms with Gasteiger partial charge in [-0.2, -0.15) is 18.3 Å². The average molecular weight is 574 g/mol. The zero-order chi connectivity index (χ0) is 28.6. The fraction of sp³-hybridized carbons (Fsp3) is 0.720. The maximum absolute atomic E-state index is 13.7. The summed E-state index contributed by atoms with van der Waals surface area (Å²) in [5.74, 6) is 0.0385. The van der Waals surface area contributed by atoms with Crippen molar-refractivity contribution < 1.29 is 26.7 Å². The number of nitrogens with zero attached hydrogens (tertiary/aromatic N) is 6. The van der Waals surface area contributed by atoms with Gasteiger partial charge in [-0.05, 0) is 66.5 Å². The Bertz CT molecular complexity index is 1230. The molecule has 1 aliphatic carbocycles. The molecule has 0 atom stereocenters. The molecule has 0 spiro atoms. The predicted molar refractivity (Wildman–Crippen MR) is 141 cm³/mol. The first-order valence-corrected chi connectivity index (χ1v) is 14.7. The van der Waals surface area contributed by atoms with Gasteiger partial charge in [0.25, 0.3) is 0 Å². The molecular formula is C25H38F3N7O3S. The SMILES string of the molecule is CN(C)C1CCC(S(=O)(=O)N2CCC(Nc3ncc(C(F)(F)F)c(-c4cnn(CC(C)(C)O)c4)n3)CC2)CC1. The summed E-state index contributed by atoms with van der Waals surface area (Å²) in [4.78, 5) is 10.2. The van der Waals surface area contributed by atoms with E-state index in [4.69, 9.17) is 0 Å². The lowest BCUT2D eigenvalue weighted by Gasteiger charge is -2.37. The number of sulfonamides is 1. The van der Waals surface area contributed by atoms with E-state index in [0.717, 1.165) is 19.0 Å². The summed E-state index contributed by atoms with van der Waals surface area (Å²) in [5.41, 5.74) is -2.24. The minimum Gasteiger partial charge on any atom is -0.389 e. The number of rotatable bonds is 8. The van der Waals surface area contributed by atoms with Crippen molar-refractivity contribution in [2.45, 2.75) is 88.0 Å². The Labute approximate surface area is 227 Å². The molecule has 218 valence electrons. The number of nitrogens with one attached hydrogen (secondary N) is 1. The van der Waals surface area contributed by atoms with Gasteiger partial charge < -0.3 is 15.3 Å². The largest absolute Gasteiger partial charge is 0.419 e. The Hall–Kier alpha value is -2.29. The molecule has 2 N–H and O–H groups in total. The van der Waals surface area contributed by atoms with Gasteiger partial charge in [0, 0.05) is 43.1 Å². The molecular weight excluding hydrogens is 535 g/mol. The zero-order valence-electron chi connectivity index (χ0n) is 22.8. The Kier molecular flexibility index (Phi) is 8.60. The van der Waals surface area contributed by atoms with Crippen LogP contribution >= 0.6 is 0 Å². The summed E-state index contributed by atoms with van der Waals surface area (Å²) in [6, 6.07) is 0.235. The highest BCUT2D eigenvalue weighted by Gasteiger charge is 2.38. The van der Waals surface area contributed by atoms with Crippen LogP contribution in [0.2, 0.25) is 0 Å². The highest BCUT2D eigenvalue weighted by molar-refractivity contribution is 7.89. The van der Waals surface area contributed by atoms with Crippen LogP contribution in [0.25, 0.3) is 11.3 Å². The molecule has 0 unspecified atom stereocenters. The number of anilines is 1. The van der Waals surface area contributed by atoms with Crippen molar-refractivity contribution in [1.29, 1.82) is 0 Å². The molecule has 1 saturated carbocycles. The lowest BCUT2D eigenvalue weighted by molar-refractivity contribution is -0.137. The summed E-state index contributed by atoms with van der Waals surface area (Å²) in [7, 11) is 0.636. The van der Waals surface area contributed by atoms with Crippen LogP contribution in [0, 0.1) is 0 Å². The molecule has 3 heterocycles. The van der Waals surface area contributed by atoms with Gasteiger partial charge >= 0.3 is 6.18 Å². The van der Waals surface area contributed by atoms with Gasteiger partial charge in [0.05, 0.1) is 29.3 Å². The molecule has 0 bridgehead atoms. The van der Waals surface area contributed by atoms with Crippen LogP contribution in [-0.2, 0) is 22.7 Å². The Morgan fingerprint density at radius 2 is 1.72 bits per heavy atom. The summed E-state index contributed by atoms with van der Waals surface area (Å²) in [5, 5.41) is 16.8. The molecule has 0 aromatic carbocycles. The third-order valence-corrected chi connectivity index (χ3v) is 9.89. The van der Waals surface area contributed by atoms with E-state index in [1.165, 1.54) is 17.1 Å². The summed E-state index contributed by atoms with van der Waals surface area (Å²) in [6.45, 7) is 3.93. The lowest BCUT2D eigenvalue weighted by Crippen LogP contribution is -2.47. The van der Waals surface area contributed by atoms with Crippen LogP contribution in [0.4, 0.5) is 19.1 Å². The van der Waals surface area contributed by atoms with Gasteiger partial charge in [0.1, 0.15) is 5.56 Å². The quantitative estimate of drug-likeness (QED) is 0.495. The molecule has 10 nitrogen and oxygen atoms in total. The molecule has 0 radical (unpaired) electrons. The van der Waals surface area contributed by atoms with Gasteiger partial charge in [-0.15, -0.1) is 0 Å². The maximum atomic E-state index is 13.7. The third kappa shape index (κ3) is 7.27. The molecule has 0 amide bonds. The van der Waals surface area contributed by atoms with Gasteiger partial charge in [0.15, 0.2) is 0 Å². The van der Waals surface area contributed by atoms with Crippen LogP contribution in [-0.4, -0.2) is 92.6 Å². The fourth-order valence-electron chi connectivity index (χ4n) is 5.36. The highest BCUT2D eigenvalue weighted by atomic mass is 32.2. The average Bonchev–Trinajstić information content (AvgIpc) is 3.30. The van der Waals surface area contributed by atoms with Crippen molar-refractivity contribution in [2.75, 3.05) is 32.5 Å². The number of hydrogen-bond donors (Lipinski definition) is 2. The van der Waals surface area contributed by atoms with E-state index in [2.05, 4.69) is 25.3 Å². The monoisotopic (exact) mass is 573 g/mol. The minimum absolute atomic E-state index is 0.0385. The first-order valence-electron chi connectivity index (χ1n) is 13.2. The number of halogens is 3. The van der Waals surface area contributed by atoms with E-state index < -0.39 is 27.4 Å². The minimum atomic E-state index is -4.67. The maximum Gasteiger partial charge on any atom is 0.419 e. The first kappa shape index (κ1) is 29.7. The standard InChI is InChI=1S/C25H38F3N7O3S/c1-24(2,36)16-34-15-17(13-30-34)22-21(25(26,27)28)14-29-23(32-22)31-18-9-11-35(12-10-18)39(37,38)20-7-5-19(6-8-20)33(3)4/h13-15,18-20,36H,5-12,16H2,1-4H3,(H,29,31,32). The van der Waals surface area contributed by atoms with E-state index in [1.54, 1.807) is 18.2 Å². The van der Waals surface area contributed by atoms with E-state index in [0.29, 0.717) is 44.8 Å². The van der Waals surface area contributed by atoms with Crippen molar-refractivity contribution in [2.24, 2.45) is 0 Å². The Balaban J connectivity index is 1.42. The number of piperidine rings is 1. The zero-order valence-corrected chi connectivity index (χ0v) is 23.6. The predicted octanol–water partition coefficient (Wildman–Crippen LogP) is 3.21. The number of hydrogen-bond acceptors (Lipinski definition) is 8. The molecule has 39 heavy (non-hydrogen) atoms. The second-order valence-electron chi connectivity index (χ2n) is 11.4. The van der Waals surface area contributed by atoms with Crippen molar-refractivity contribution >= 4 is 16.0 Å². The third-order valence-electron chi connectivity index (χ3n) is 7.49. The first-order chi connectivity index (χ1) is 18.1. The normalized spacial score (nSPS) is 22.4. The molecule has 4 rings (SSSR count). The van der Waals surface area contributed by atoms with Gasteiger partial charge in [0.2, 0.25) is 16.0 Å². The Morgan fingerprint density at radius 3 is 2.28 bits per heavy atom. The molecule has 2 fully saturated rings. The molecule has 1 aliphatic heterocycles. The highest BCUT2D eigenvalue weighted by Crippen LogP contribution is 2.36. The topological polar surface area (TPSA) is 116 Å². The van der Waals surface area contributed by atoms with Gasteiger partial charge in [-0.3, -0.25) is 4.68 Å². The van der Waals surface area contributed by atoms with E-state index in [9.17, 15) is 26.7 Å². The second-order valence-corrected chi connectivity index (χ2v) is 13.7. The molecule has 2 aliphatic rings. The summed E-state index contributed by atoms with van der Waals surface area (Å²) >= 11 is 0. The van der Waals surface area contributed by atoms with Crippen LogP contribution in [0.5, 0.6) is 0 Å². The Morgan fingerprint density at radius 1 is 1.08 bits per heavy atom. The summed E-state index contributed by atoms with van der Waals surface area (Å²) < 4.78 is 70.6. The van der Waals surface area contributed by atoms with Gasteiger partial charge in [-0.25, -0.2) is 22.7 Å².